The van der Waals surface area contributed by atoms with Crippen molar-refractivity contribution in [3.8, 4) is 0 Å². The van der Waals surface area contributed by atoms with Gasteiger partial charge in [-0.05, 0) is 39.0 Å². The van der Waals surface area contributed by atoms with E-state index in [0.717, 1.165) is 32.2 Å². The average molecular weight is 256 g/mol. The lowest BCUT2D eigenvalue weighted by atomic mass is 10.1. The van der Waals surface area contributed by atoms with Gasteiger partial charge in [0.1, 0.15) is 0 Å². The molecule has 0 aromatic heterocycles. The standard InChI is InChI=1S/C13H24N2O3/c1-10(16)9-11-5-4-8-15(11)13(17)14-18-12-6-2-3-7-12/h10-12,16H,2-9H2,1H3,(H,14,17). The van der Waals surface area contributed by atoms with Crippen LogP contribution in [0.1, 0.15) is 51.9 Å². The highest BCUT2D eigenvalue weighted by Gasteiger charge is 2.30. The third kappa shape index (κ3) is 3.59. The Morgan fingerprint density at radius 1 is 1.39 bits per heavy atom. The lowest BCUT2D eigenvalue weighted by molar-refractivity contribution is -0.00988. The molecule has 0 radical (unpaired) electrons. The highest BCUT2D eigenvalue weighted by molar-refractivity contribution is 5.73. The number of carbonyl (C=O) groups is 1. The highest BCUT2D eigenvalue weighted by atomic mass is 16.7. The van der Waals surface area contributed by atoms with Crippen LogP contribution >= 0.6 is 0 Å². The summed E-state index contributed by atoms with van der Waals surface area (Å²) >= 11 is 0. The number of rotatable bonds is 4. The Balaban J connectivity index is 1.76. The van der Waals surface area contributed by atoms with Crippen molar-refractivity contribution in [3.05, 3.63) is 0 Å². The van der Waals surface area contributed by atoms with Crippen molar-refractivity contribution in [2.24, 2.45) is 0 Å². The van der Waals surface area contributed by atoms with E-state index >= 15 is 0 Å². The van der Waals surface area contributed by atoms with Crippen LogP contribution in [0.25, 0.3) is 0 Å². The highest BCUT2D eigenvalue weighted by Crippen LogP contribution is 2.22. The summed E-state index contributed by atoms with van der Waals surface area (Å²) in [7, 11) is 0. The Bertz CT molecular complexity index is 277. The van der Waals surface area contributed by atoms with Crippen LogP contribution in [0.15, 0.2) is 0 Å². The second-order valence-electron chi connectivity index (χ2n) is 5.51. The lowest BCUT2D eigenvalue weighted by Gasteiger charge is -2.26. The number of nitrogens with zero attached hydrogens (tertiary/aromatic N) is 1. The minimum absolute atomic E-state index is 0.148. The predicted octanol–water partition coefficient (Wildman–Crippen LogP) is 1.81. The summed E-state index contributed by atoms with van der Waals surface area (Å²) in [6.07, 6.45) is 6.91. The number of carbonyl (C=O) groups excluding carboxylic acids is 1. The predicted molar refractivity (Wildman–Crippen MR) is 67.9 cm³/mol. The zero-order valence-corrected chi connectivity index (χ0v) is 11.1. The van der Waals surface area contributed by atoms with E-state index in [1.807, 2.05) is 0 Å². The van der Waals surface area contributed by atoms with E-state index in [-0.39, 0.29) is 24.3 Å². The van der Waals surface area contributed by atoms with Crippen LogP contribution in [0, 0.1) is 0 Å². The van der Waals surface area contributed by atoms with Crippen molar-refractivity contribution in [2.45, 2.75) is 70.1 Å². The summed E-state index contributed by atoms with van der Waals surface area (Å²) in [6.45, 7) is 2.53. The van der Waals surface area contributed by atoms with E-state index in [0.29, 0.717) is 6.42 Å². The third-order valence-electron chi connectivity index (χ3n) is 3.87. The second kappa shape index (κ2) is 6.38. The van der Waals surface area contributed by atoms with Crippen LogP contribution in [0.4, 0.5) is 4.79 Å². The number of amides is 2. The van der Waals surface area contributed by atoms with Crippen molar-refractivity contribution in [1.82, 2.24) is 10.4 Å². The van der Waals surface area contributed by atoms with Gasteiger partial charge < -0.3 is 10.0 Å². The van der Waals surface area contributed by atoms with Crippen LogP contribution in [0.3, 0.4) is 0 Å². The van der Waals surface area contributed by atoms with Crippen molar-refractivity contribution in [2.75, 3.05) is 6.54 Å². The van der Waals surface area contributed by atoms with Gasteiger partial charge in [-0.1, -0.05) is 12.8 Å². The summed E-state index contributed by atoms with van der Waals surface area (Å²) in [5.41, 5.74) is 2.58. The van der Waals surface area contributed by atoms with Gasteiger partial charge in [0.05, 0.1) is 12.2 Å². The van der Waals surface area contributed by atoms with Crippen LogP contribution in [-0.2, 0) is 4.84 Å². The first kappa shape index (κ1) is 13.6. The fourth-order valence-corrected chi connectivity index (χ4v) is 2.94. The molecule has 0 aromatic rings. The molecule has 0 bridgehead atoms. The fraction of sp³-hybridized carbons (Fsp3) is 0.923. The molecule has 2 amide bonds. The van der Waals surface area contributed by atoms with Crippen LogP contribution in [-0.4, -0.2) is 40.8 Å². The number of nitrogens with one attached hydrogen (secondary N) is 1. The molecule has 2 atom stereocenters. The molecule has 5 heteroatoms. The molecule has 0 aromatic carbocycles. The van der Waals surface area contributed by atoms with Crippen LogP contribution < -0.4 is 5.48 Å². The molecule has 1 aliphatic carbocycles. The Kier molecular flexibility index (Phi) is 4.83. The van der Waals surface area contributed by atoms with Gasteiger partial charge in [0.2, 0.25) is 0 Å². The van der Waals surface area contributed by atoms with E-state index in [4.69, 9.17) is 4.84 Å². The number of hydrogen-bond acceptors (Lipinski definition) is 3. The number of hydrogen-bond donors (Lipinski definition) is 2. The lowest BCUT2D eigenvalue weighted by Crippen LogP contribution is -2.44. The molecule has 2 aliphatic rings. The van der Waals surface area contributed by atoms with Crippen LogP contribution in [0.2, 0.25) is 0 Å². The Labute approximate surface area is 108 Å². The summed E-state index contributed by atoms with van der Waals surface area (Å²) in [5.74, 6) is 0. The van der Waals surface area contributed by atoms with Crippen LogP contribution in [0.5, 0.6) is 0 Å². The number of aliphatic hydroxyl groups is 1. The second-order valence-corrected chi connectivity index (χ2v) is 5.51. The van der Waals surface area contributed by atoms with E-state index < -0.39 is 0 Å². The molecule has 1 heterocycles. The summed E-state index contributed by atoms with van der Waals surface area (Å²) in [4.78, 5) is 19.2. The van der Waals surface area contributed by atoms with E-state index in [2.05, 4.69) is 5.48 Å². The smallest absolute Gasteiger partial charge is 0.341 e. The summed E-state index contributed by atoms with van der Waals surface area (Å²) in [5, 5.41) is 9.43. The third-order valence-corrected chi connectivity index (χ3v) is 3.87. The van der Waals surface area contributed by atoms with E-state index in [1.54, 1.807) is 11.8 Å². The van der Waals surface area contributed by atoms with Gasteiger partial charge in [-0.25, -0.2) is 10.3 Å². The minimum atomic E-state index is -0.362. The van der Waals surface area contributed by atoms with E-state index in [9.17, 15) is 9.90 Å². The molecule has 0 spiro atoms. The average Bonchev–Trinajstić information content (AvgIpc) is 2.95. The molecular formula is C13H24N2O3. The molecule has 2 N–H and O–H groups in total. The minimum Gasteiger partial charge on any atom is -0.393 e. The first-order chi connectivity index (χ1) is 8.66. The quantitative estimate of drug-likeness (QED) is 0.754. The monoisotopic (exact) mass is 256 g/mol. The topological polar surface area (TPSA) is 61.8 Å². The Morgan fingerprint density at radius 2 is 2.11 bits per heavy atom. The molecule has 2 rings (SSSR count). The normalized spacial score (nSPS) is 26.6. The molecule has 2 fully saturated rings. The zero-order chi connectivity index (χ0) is 13.0. The van der Waals surface area contributed by atoms with Crippen molar-refractivity contribution in [3.63, 3.8) is 0 Å². The molecule has 2 unspecified atom stereocenters. The maximum atomic E-state index is 12.0. The van der Waals surface area contributed by atoms with Gasteiger partial charge >= 0.3 is 6.03 Å². The molecule has 1 saturated carbocycles. The number of aliphatic hydroxyl groups excluding tert-OH is 1. The first-order valence-electron chi connectivity index (χ1n) is 7.07. The maximum absolute atomic E-state index is 12.0. The first-order valence-corrected chi connectivity index (χ1v) is 7.07. The van der Waals surface area contributed by atoms with Gasteiger partial charge in [-0.3, -0.25) is 4.84 Å². The number of hydroxylamine groups is 1. The van der Waals surface area contributed by atoms with Gasteiger partial charge in [0.25, 0.3) is 0 Å². The van der Waals surface area contributed by atoms with Crippen molar-refractivity contribution >= 4 is 6.03 Å². The largest absolute Gasteiger partial charge is 0.393 e. The van der Waals surface area contributed by atoms with Gasteiger partial charge in [-0.2, -0.15) is 0 Å². The molecule has 18 heavy (non-hydrogen) atoms. The van der Waals surface area contributed by atoms with Crippen molar-refractivity contribution < 1.29 is 14.7 Å². The van der Waals surface area contributed by atoms with E-state index in [1.165, 1.54) is 12.8 Å². The van der Waals surface area contributed by atoms with Gasteiger partial charge in [0.15, 0.2) is 0 Å². The van der Waals surface area contributed by atoms with Crippen molar-refractivity contribution in [1.29, 1.82) is 0 Å². The SMILES string of the molecule is CC(O)CC1CCCN1C(=O)NOC1CCCC1. The summed E-state index contributed by atoms with van der Waals surface area (Å²) < 4.78 is 0. The Morgan fingerprint density at radius 3 is 2.78 bits per heavy atom. The Hall–Kier alpha value is -0.810. The van der Waals surface area contributed by atoms with Gasteiger partial charge in [0, 0.05) is 12.6 Å². The fourth-order valence-electron chi connectivity index (χ4n) is 2.94. The molecule has 1 saturated heterocycles. The maximum Gasteiger partial charge on any atom is 0.341 e. The van der Waals surface area contributed by atoms with Gasteiger partial charge in [-0.15, -0.1) is 0 Å². The molecule has 1 aliphatic heterocycles. The number of likely N-dealkylation sites (tertiary alicyclic amines) is 1. The molecule has 5 nitrogen and oxygen atoms in total. The molecule has 104 valence electrons. The zero-order valence-electron chi connectivity index (χ0n) is 11.1. The summed E-state index contributed by atoms with van der Waals surface area (Å²) in [6, 6.07) is 0.00206. The number of urea groups is 1. The molecular weight excluding hydrogens is 232 g/mol.